The first-order valence-corrected chi connectivity index (χ1v) is 12.8. The summed E-state index contributed by atoms with van der Waals surface area (Å²) in [4.78, 5) is 59.0. The molecule has 2 aliphatic heterocycles. The molecule has 1 aromatic heterocycles. The van der Waals surface area contributed by atoms with Gasteiger partial charge in [0.1, 0.15) is 6.54 Å². The molecule has 3 heterocycles. The van der Waals surface area contributed by atoms with Crippen molar-refractivity contribution in [3.05, 3.63) is 40.9 Å². The molecule has 2 aromatic rings. The van der Waals surface area contributed by atoms with E-state index in [1.807, 2.05) is 24.3 Å². The van der Waals surface area contributed by atoms with Gasteiger partial charge in [-0.25, -0.2) is 14.7 Å². The second-order valence-corrected chi connectivity index (χ2v) is 10.2. The largest absolute Gasteiger partial charge is 0.340 e. The van der Waals surface area contributed by atoms with Gasteiger partial charge in [-0.05, 0) is 57.1 Å². The number of carbonyl (C=O) groups excluding carboxylic acids is 4. The molecule has 3 aliphatic rings. The van der Waals surface area contributed by atoms with Crippen molar-refractivity contribution in [3.8, 4) is 0 Å². The predicted octanol–water partition coefficient (Wildman–Crippen LogP) is 3.68. The number of imide groups is 2. The maximum Gasteiger partial charge on any atom is 0.334 e. The number of benzene rings is 1. The van der Waals surface area contributed by atoms with Crippen LogP contribution in [0.15, 0.2) is 35.9 Å². The number of para-hydroxylation sites is 1. The monoisotopic (exact) mass is 480 g/mol. The lowest BCUT2D eigenvalue weighted by atomic mass is 9.97. The molecule has 5 amide bonds. The second kappa shape index (κ2) is 9.66. The van der Waals surface area contributed by atoms with Crippen LogP contribution < -0.4 is 0 Å². The minimum atomic E-state index is -0.907. The number of carbonyl (C=O) groups is 4. The molecule has 0 radical (unpaired) electrons. The Kier molecular flexibility index (Phi) is 6.45. The smallest absolute Gasteiger partial charge is 0.334 e. The van der Waals surface area contributed by atoms with E-state index in [0.29, 0.717) is 19.5 Å². The van der Waals surface area contributed by atoms with Gasteiger partial charge in [0.05, 0.1) is 15.2 Å². The summed E-state index contributed by atoms with van der Waals surface area (Å²) in [5.74, 6) is -1.92. The molecule has 5 rings (SSSR count). The standard InChI is InChI=1S/C25H28N4O4S/c30-21(27-13-6-9-18(15-27)22-26-19-10-4-5-11-20(19)34-22)16-29-24(32)23(31)28(25(29)33)14-12-17-7-2-1-3-8-17/h4-5,7,10-11,18H,1-3,6,8-9,12-16H2. The summed E-state index contributed by atoms with van der Waals surface area (Å²) in [6.07, 6.45) is 8.78. The lowest BCUT2D eigenvalue weighted by molar-refractivity contribution is -0.145. The highest BCUT2D eigenvalue weighted by molar-refractivity contribution is 7.18. The lowest BCUT2D eigenvalue weighted by Crippen LogP contribution is -2.46. The lowest BCUT2D eigenvalue weighted by Gasteiger charge is -2.32. The SMILES string of the molecule is O=C(CN1C(=O)C(=O)N(CCC2=CCCCC2)C1=O)N1CCCC(c2nc3ccccc3s2)C1. The zero-order valence-electron chi connectivity index (χ0n) is 19.1. The van der Waals surface area contributed by atoms with Crippen molar-refractivity contribution in [2.75, 3.05) is 26.2 Å². The number of likely N-dealkylation sites (tertiary alicyclic amines) is 1. The predicted molar refractivity (Wildman–Crippen MR) is 128 cm³/mol. The number of fused-ring (bicyclic) bond motifs is 1. The Labute approximate surface area is 202 Å². The van der Waals surface area contributed by atoms with Crippen LogP contribution in [0.4, 0.5) is 4.79 Å². The molecule has 0 N–H and O–H groups in total. The first-order chi connectivity index (χ1) is 16.5. The molecule has 34 heavy (non-hydrogen) atoms. The van der Waals surface area contributed by atoms with Gasteiger partial charge in [-0.1, -0.05) is 23.8 Å². The van der Waals surface area contributed by atoms with E-state index in [0.717, 1.165) is 63.5 Å². The Balaban J connectivity index is 1.21. The number of thiazole rings is 1. The van der Waals surface area contributed by atoms with Crippen LogP contribution in [0.5, 0.6) is 0 Å². The van der Waals surface area contributed by atoms with Crippen molar-refractivity contribution in [1.29, 1.82) is 0 Å². The number of nitrogens with zero attached hydrogens (tertiary/aromatic N) is 4. The Hall–Kier alpha value is -3.07. The Morgan fingerprint density at radius 1 is 1.06 bits per heavy atom. The molecule has 2 fully saturated rings. The van der Waals surface area contributed by atoms with Crippen LogP contribution in [0.2, 0.25) is 0 Å². The zero-order chi connectivity index (χ0) is 23.7. The van der Waals surface area contributed by atoms with Crippen molar-refractivity contribution < 1.29 is 19.2 Å². The summed E-state index contributed by atoms with van der Waals surface area (Å²) in [5.41, 5.74) is 2.19. The van der Waals surface area contributed by atoms with E-state index in [-0.39, 0.29) is 18.4 Å². The van der Waals surface area contributed by atoms with Gasteiger partial charge in [-0.2, -0.15) is 0 Å². The highest BCUT2D eigenvalue weighted by Crippen LogP contribution is 2.33. The van der Waals surface area contributed by atoms with Crippen LogP contribution in [-0.2, 0) is 14.4 Å². The third kappa shape index (κ3) is 4.49. The van der Waals surface area contributed by atoms with Gasteiger partial charge in [-0.15, -0.1) is 11.3 Å². The van der Waals surface area contributed by atoms with Gasteiger partial charge in [0.15, 0.2) is 0 Å². The summed E-state index contributed by atoms with van der Waals surface area (Å²) in [5, 5.41) is 1.00. The molecule has 0 spiro atoms. The number of allylic oxidation sites excluding steroid dienone is 1. The molecular weight excluding hydrogens is 452 g/mol. The fourth-order valence-electron chi connectivity index (χ4n) is 4.98. The van der Waals surface area contributed by atoms with Crippen LogP contribution in [0.1, 0.15) is 55.9 Å². The summed E-state index contributed by atoms with van der Waals surface area (Å²) in [6.45, 7) is 0.863. The molecule has 1 unspecified atom stereocenters. The number of rotatable bonds is 6. The number of piperidine rings is 1. The van der Waals surface area contributed by atoms with Gasteiger partial charge >= 0.3 is 17.8 Å². The minimum Gasteiger partial charge on any atom is -0.340 e. The van der Waals surface area contributed by atoms with Crippen LogP contribution in [-0.4, -0.2) is 69.6 Å². The summed E-state index contributed by atoms with van der Waals surface area (Å²) in [7, 11) is 0. The Bertz CT molecular complexity index is 1140. The quantitative estimate of drug-likeness (QED) is 0.357. The highest BCUT2D eigenvalue weighted by atomic mass is 32.1. The van der Waals surface area contributed by atoms with Crippen LogP contribution in [0.25, 0.3) is 10.2 Å². The molecule has 2 saturated heterocycles. The van der Waals surface area contributed by atoms with Crippen molar-refractivity contribution in [1.82, 2.24) is 19.7 Å². The number of amides is 5. The van der Waals surface area contributed by atoms with Gasteiger partial charge in [-0.3, -0.25) is 19.3 Å². The van der Waals surface area contributed by atoms with Gasteiger partial charge in [0, 0.05) is 25.6 Å². The van der Waals surface area contributed by atoms with Crippen LogP contribution in [0.3, 0.4) is 0 Å². The number of hydrogen-bond acceptors (Lipinski definition) is 6. The van der Waals surface area contributed by atoms with E-state index >= 15 is 0 Å². The Morgan fingerprint density at radius 3 is 2.68 bits per heavy atom. The first kappa shape index (κ1) is 22.7. The van der Waals surface area contributed by atoms with Crippen molar-refractivity contribution in [3.63, 3.8) is 0 Å². The summed E-state index contributed by atoms with van der Waals surface area (Å²) in [6, 6.07) is 7.30. The van der Waals surface area contributed by atoms with E-state index in [2.05, 4.69) is 6.08 Å². The van der Waals surface area contributed by atoms with E-state index in [1.54, 1.807) is 16.2 Å². The highest BCUT2D eigenvalue weighted by Gasteiger charge is 2.45. The number of aromatic nitrogens is 1. The second-order valence-electron chi connectivity index (χ2n) is 9.19. The summed E-state index contributed by atoms with van der Waals surface area (Å²) < 4.78 is 1.12. The minimum absolute atomic E-state index is 0.127. The van der Waals surface area contributed by atoms with E-state index in [9.17, 15) is 19.2 Å². The topological polar surface area (TPSA) is 90.9 Å². The van der Waals surface area contributed by atoms with Crippen LogP contribution in [0, 0.1) is 0 Å². The fraction of sp³-hybridized carbons (Fsp3) is 0.480. The molecule has 1 aliphatic carbocycles. The molecule has 178 valence electrons. The maximum atomic E-state index is 13.0. The average molecular weight is 481 g/mol. The first-order valence-electron chi connectivity index (χ1n) is 12.0. The summed E-state index contributed by atoms with van der Waals surface area (Å²) >= 11 is 1.65. The third-order valence-electron chi connectivity index (χ3n) is 6.90. The normalized spacial score (nSPS) is 21.5. The average Bonchev–Trinajstić information content (AvgIpc) is 3.39. The molecule has 0 saturated carbocycles. The molecule has 0 bridgehead atoms. The molecule has 8 nitrogen and oxygen atoms in total. The molecular formula is C25H28N4O4S. The van der Waals surface area contributed by atoms with Gasteiger partial charge in [0.2, 0.25) is 5.91 Å². The van der Waals surface area contributed by atoms with Gasteiger partial charge < -0.3 is 4.90 Å². The zero-order valence-corrected chi connectivity index (χ0v) is 19.9. The van der Waals surface area contributed by atoms with Crippen molar-refractivity contribution >= 4 is 45.3 Å². The molecule has 9 heteroatoms. The number of urea groups is 1. The fourth-order valence-corrected chi connectivity index (χ4v) is 6.07. The van der Waals surface area contributed by atoms with Gasteiger partial charge in [0.25, 0.3) is 0 Å². The van der Waals surface area contributed by atoms with E-state index < -0.39 is 24.4 Å². The van der Waals surface area contributed by atoms with Crippen molar-refractivity contribution in [2.24, 2.45) is 0 Å². The van der Waals surface area contributed by atoms with E-state index in [4.69, 9.17) is 4.98 Å². The number of hydrogen-bond donors (Lipinski definition) is 0. The van der Waals surface area contributed by atoms with Crippen molar-refractivity contribution in [2.45, 2.75) is 50.9 Å². The Morgan fingerprint density at radius 2 is 1.88 bits per heavy atom. The van der Waals surface area contributed by atoms with E-state index in [1.165, 1.54) is 5.57 Å². The third-order valence-corrected chi connectivity index (χ3v) is 8.10. The van der Waals surface area contributed by atoms with Crippen LogP contribution >= 0.6 is 11.3 Å². The maximum absolute atomic E-state index is 13.0. The molecule has 1 atom stereocenters. The molecule has 1 aromatic carbocycles.